The standard InChI is InChI=1S/C30H48O5/c1-17(14-21(32)24-26(4,5)35-24)18-8-10-27(6)19(18)15-20(31)23-28(27,7)11-9-22-25(2,3)30(33)13-12-29(22,23)16-34-30/h14,18-24,31-33H,8-13,15-16H2,1-7H3. The van der Waals surface area contributed by atoms with Crippen LogP contribution in [0.4, 0.5) is 0 Å². The molecule has 0 amide bonds. The molecule has 1 spiro atoms. The zero-order valence-corrected chi connectivity index (χ0v) is 22.9. The molecule has 0 aromatic heterocycles. The van der Waals surface area contributed by atoms with Gasteiger partial charge in [0.15, 0.2) is 5.79 Å². The Bertz CT molecular complexity index is 929. The van der Waals surface area contributed by atoms with Crippen LogP contribution in [0.15, 0.2) is 11.6 Å². The first-order chi connectivity index (χ1) is 16.1. The van der Waals surface area contributed by atoms with E-state index in [4.69, 9.17) is 9.47 Å². The first-order valence-electron chi connectivity index (χ1n) is 14.2. The van der Waals surface area contributed by atoms with Gasteiger partial charge in [-0.1, -0.05) is 39.3 Å². The van der Waals surface area contributed by atoms with E-state index in [-0.39, 0.29) is 45.4 Å². The molecule has 2 bridgehead atoms. The zero-order chi connectivity index (χ0) is 25.4. The van der Waals surface area contributed by atoms with Crippen LogP contribution in [-0.4, -0.2) is 51.6 Å². The Hall–Kier alpha value is -0.460. The van der Waals surface area contributed by atoms with E-state index in [0.717, 1.165) is 32.1 Å². The second-order valence-electron chi connectivity index (χ2n) is 15.0. The predicted octanol–water partition coefficient (Wildman–Crippen LogP) is 4.83. The lowest BCUT2D eigenvalue weighted by Gasteiger charge is -2.74. The number of aliphatic hydroxyl groups excluding tert-OH is 2. The van der Waals surface area contributed by atoms with Crippen LogP contribution in [0.2, 0.25) is 0 Å². The molecular formula is C30H48O5. The van der Waals surface area contributed by atoms with Crippen molar-refractivity contribution in [1.82, 2.24) is 0 Å². The van der Waals surface area contributed by atoms with Gasteiger partial charge in [0, 0.05) is 17.3 Å². The molecule has 198 valence electrons. The topological polar surface area (TPSA) is 82.5 Å². The molecule has 35 heavy (non-hydrogen) atoms. The van der Waals surface area contributed by atoms with Gasteiger partial charge in [0.05, 0.1) is 18.3 Å². The molecule has 0 radical (unpaired) electrons. The van der Waals surface area contributed by atoms with E-state index in [1.807, 2.05) is 19.9 Å². The normalized spacial score (nSPS) is 56.7. The SMILES string of the molecule is CC(=CC(O)C1OC1(C)C)C1CCC2(C)C1CC(O)C1C34CCC(O)(OC3)C(C)(C)C4CCC12C. The number of allylic oxidation sites excluding steroid dienone is 1. The van der Waals surface area contributed by atoms with Gasteiger partial charge in [-0.3, -0.25) is 0 Å². The van der Waals surface area contributed by atoms with Crippen molar-refractivity contribution in [2.45, 2.75) is 123 Å². The van der Waals surface area contributed by atoms with E-state index in [0.29, 0.717) is 30.8 Å². The fourth-order valence-electron chi connectivity index (χ4n) is 11.0. The summed E-state index contributed by atoms with van der Waals surface area (Å²) < 4.78 is 12.0. The van der Waals surface area contributed by atoms with Crippen molar-refractivity contribution < 1.29 is 24.8 Å². The van der Waals surface area contributed by atoms with E-state index in [2.05, 4.69) is 34.6 Å². The van der Waals surface area contributed by atoms with Gasteiger partial charge in [0.2, 0.25) is 0 Å². The van der Waals surface area contributed by atoms with Gasteiger partial charge >= 0.3 is 0 Å². The van der Waals surface area contributed by atoms with E-state index >= 15 is 0 Å². The molecule has 7 rings (SSSR count). The molecule has 7 fully saturated rings. The van der Waals surface area contributed by atoms with Crippen LogP contribution in [-0.2, 0) is 9.47 Å². The second kappa shape index (κ2) is 7.14. The van der Waals surface area contributed by atoms with Crippen LogP contribution in [0, 0.1) is 45.3 Å². The van der Waals surface area contributed by atoms with Crippen molar-refractivity contribution in [1.29, 1.82) is 0 Å². The largest absolute Gasteiger partial charge is 0.393 e. The van der Waals surface area contributed by atoms with Gasteiger partial charge in [-0.25, -0.2) is 0 Å². The minimum absolute atomic E-state index is 0.0350. The number of rotatable bonds is 3. The van der Waals surface area contributed by atoms with Crippen molar-refractivity contribution in [3.8, 4) is 0 Å². The fraction of sp³-hybridized carbons (Fsp3) is 0.933. The number of hydrogen-bond donors (Lipinski definition) is 3. The molecule has 5 heteroatoms. The van der Waals surface area contributed by atoms with Crippen LogP contribution in [0.5, 0.6) is 0 Å². The maximum Gasteiger partial charge on any atom is 0.170 e. The van der Waals surface area contributed by atoms with Crippen LogP contribution in [0.3, 0.4) is 0 Å². The second-order valence-corrected chi connectivity index (χ2v) is 15.0. The third-order valence-corrected chi connectivity index (χ3v) is 13.2. The Morgan fingerprint density at radius 1 is 0.971 bits per heavy atom. The highest BCUT2D eigenvalue weighted by molar-refractivity contribution is 5.25. The van der Waals surface area contributed by atoms with Crippen molar-refractivity contribution in [2.75, 3.05) is 6.61 Å². The summed E-state index contributed by atoms with van der Waals surface area (Å²) in [6, 6.07) is 0. The molecule has 3 aliphatic heterocycles. The van der Waals surface area contributed by atoms with Gasteiger partial charge in [-0.2, -0.15) is 0 Å². The van der Waals surface area contributed by atoms with Gasteiger partial charge in [0.1, 0.15) is 12.2 Å². The van der Waals surface area contributed by atoms with Crippen LogP contribution in [0.25, 0.3) is 0 Å². The molecule has 0 aromatic rings. The summed E-state index contributed by atoms with van der Waals surface area (Å²) in [5, 5.41) is 34.1. The molecule has 4 saturated carbocycles. The highest BCUT2D eigenvalue weighted by Crippen LogP contribution is 2.77. The maximum absolute atomic E-state index is 12.0. The highest BCUT2D eigenvalue weighted by Gasteiger charge is 2.76. The van der Waals surface area contributed by atoms with Gasteiger partial charge in [-0.15, -0.1) is 0 Å². The molecule has 11 atom stereocenters. The Morgan fingerprint density at radius 2 is 1.63 bits per heavy atom. The minimum Gasteiger partial charge on any atom is -0.393 e. The van der Waals surface area contributed by atoms with Crippen molar-refractivity contribution in [2.24, 2.45) is 45.3 Å². The molecule has 7 aliphatic rings. The summed E-state index contributed by atoms with van der Waals surface area (Å²) in [7, 11) is 0. The lowest BCUT2D eigenvalue weighted by Crippen LogP contribution is -2.75. The number of ether oxygens (including phenoxy) is 2. The lowest BCUT2D eigenvalue weighted by atomic mass is 9.33. The highest BCUT2D eigenvalue weighted by atomic mass is 16.6. The van der Waals surface area contributed by atoms with E-state index in [1.165, 1.54) is 12.0 Å². The van der Waals surface area contributed by atoms with E-state index in [9.17, 15) is 15.3 Å². The van der Waals surface area contributed by atoms with Crippen LogP contribution in [0.1, 0.15) is 93.4 Å². The number of aliphatic hydroxyl groups is 3. The minimum atomic E-state index is -1.03. The molecule has 0 aromatic carbocycles. The summed E-state index contributed by atoms with van der Waals surface area (Å²) in [6.45, 7) is 16.2. The smallest absolute Gasteiger partial charge is 0.170 e. The first-order valence-corrected chi connectivity index (χ1v) is 14.2. The molecule has 3 N–H and O–H groups in total. The zero-order valence-electron chi connectivity index (χ0n) is 22.9. The molecule has 3 saturated heterocycles. The number of hydrogen-bond acceptors (Lipinski definition) is 5. The summed E-state index contributed by atoms with van der Waals surface area (Å²) >= 11 is 0. The number of fused-ring (bicyclic) bond motifs is 5. The summed E-state index contributed by atoms with van der Waals surface area (Å²) in [5.74, 6) is 0.371. The predicted molar refractivity (Wildman–Crippen MR) is 134 cm³/mol. The Morgan fingerprint density at radius 3 is 2.23 bits per heavy atom. The van der Waals surface area contributed by atoms with Gasteiger partial charge in [0.25, 0.3) is 0 Å². The molecule has 4 aliphatic carbocycles. The number of epoxide rings is 1. The third-order valence-electron chi connectivity index (χ3n) is 13.2. The van der Waals surface area contributed by atoms with Crippen LogP contribution < -0.4 is 0 Å². The van der Waals surface area contributed by atoms with Gasteiger partial charge in [-0.05, 0) is 93.8 Å². The fourth-order valence-corrected chi connectivity index (χ4v) is 11.0. The summed E-state index contributed by atoms with van der Waals surface area (Å²) in [6.07, 6.45) is 7.99. The van der Waals surface area contributed by atoms with Crippen molar-refractivity contribution in [3.63, 3.8) is 0 Å². The average molecular weight is 489 g/mol. The molecule has 11 unspecified atom stereocenters. The lowest BCUT2D eigenvalue weighted by molar-refractivity contribution is -0.404. The van der Waals surface area contributed by atoms with E-state index < -0.39 is 11.9 Å². The Labute approximate surface area is 211 Å². The molecule has 3 heterocycles. The van der Waals surface area contributed by atoms with Crippen molar-refractivity contribution >= 4 is 0 Å². The molecular weight excluding hydrogens is 440 g/mol. The average Bonchev–Trinajstić information content (AvgIpc) is 3.27. The first kappa shape index (κ1) is 24.9. The monoisotopic (exact) mass is 488 g/mol. The maximum atomic E-state index is 12.0. The summed E-state index contributed by atoms with van der Waals surface area (Å²) in [5.41, 5.74) is 0.863. The van der Waals surface area contributed by atoms with Gasteiger partial charge < -0.3 is 24.8 Å². The Balaban J connectivity index is 1.33. The summed E-state index contributed by atoms with van der Waals surface area (Å²) in [4.78, 5) is 0. The quantitative estimate of drug-likeness (QED) is 0.392. The Kier molecular flexibility index (Phi) is 5.07. The molecule has 5 nitrogen and oxygen atoms in total. The van der Waals surface area contributed by atoms with Crippen LogP contribution >= 0.6 is 0 Å². The van der Waals surface area contributed by atoms with E-state index in [1.54, 1.807) is 0 Å². The third kappa shape index (κ3) is 2.94. The van der Waals surface area contributed by atoms with Crippen molar-refractivity contribution in [3.05, 3.63) is 11.6 Å².